The Morgan fingerprint density at radius 2 is 2.08 bits per heavy atom. The summed E-state index contributed by atoms with van der Waals surface area (Å²) in [6.45, 7) is 4.40. The van der Waals surface area contributed by atoms with Crippen LogP contribution in [0.3, 0.4) is 0 Å². The van der Waals surface area contributed by atoms with Crippen LogP contribution < -0.4 is 0 Å². The van der Waals surface area contributed by atoms with Crippen molar-refractivity contribution in [1.29, 1.82) is 0 Å². The highest BCUT2D eigenvalue weighted by Gasteiger charge is 2.08. The largest absolute Gasteiger partial charge is 0.122 e. The van der Waals surface area contributed by atoms with Crippen LogP contribution in [0.25, 0.3) is 0 Å². The lowest BCUT2D eigenvalue weighted by atomic mass is 10.0. The predicted molar refractivity (Wildman–Crippen MR) is 70.5 cm³/mol. The van der Waals surface area contributed by atoms with Crippen molar-refractivity contribution >= 4 is 50.1 Å². The molecule has 0 unspecified atom stereocenters. The van der Waals surface area contributed by atoms with Crippen LogP contribution in [0.1, 0.15) is 30.9 Å². The van der Waals surface area contributed by atoms with Crippen molar-refractivity contribution < 1.29 is 0 Å². The molecule has 3 heteroatoms. The van der Waals surface area contributed by atoms with Gasteiger partial charge in [-0.1, -0.05) is 29.8 Å². The Morgan fingerprint density at radius 3 is 2.54 bits per heavy atom. The molecule has 13 heavy (non-hydrogen) atoms. The summed E-state index contributed by atoms with van der Waals surface area (Å²) in [5, 5.41) is 0. The van der Waals surface area contributed by atoms with Crippen molar-refractivity contribution in [2.75, 3.05) is 0 Å². The van der Waals surface area contributed by atoms with E-state index >= 15 is 0 Å². The molecule has 0 aliphatic carbocycles. The van der Waals surface area contributed by atoms with E-state index in [-0.39, 0.29) is 0 Å². The van der Waals surface area contributed by atoms with Gasteiger partial charge in [0, 0.05) is 13.9 Å². The highest BCUT2D eigenvalue weighted by Crippen LogP contribution is 2.29. The van der Waals surface area contributed by atoms with Crippen molar-refractivity contribution in [2.45, 2.75) is 25.6 Å². The molecule has 0 aromatic heterocycles. The van der Waals surface area contributed by atoms with Gasteiger partial charge < -0.3 is 0 Å². The van der Waals surface area contributed by atoms with Crippen LogP contribution in [0.15, 0.2) is 16.6 Å². The van der Waals surface area contributed by atoms with E-state index < -0.39 is 0 Å². The third-order valence-corrected chi connectivity index (χ3v) is 3.89. The Morgan fingerprint density at radius 1 is 1.46 bits per heavy atom. The summed E-state index contributed by atoms with van der Waals surface area (Å²) in [6.07, 6.45) is 0. The van der Waals surface area contributed by atoms with Crippen molar-refractivity contribution in [3.8, 4) is 0 Å². The quantitative estimate of drug-likeness (QED) is 0.510. The van der Waals surface area contributed by atoms with Gasteiger partial charge >= 0.3 is 0 Å². The predicted octanol–water partition coefficient (Wildman–Crippen LogP) is 4.92. The Balaban J connectivity index is 3.20. The SMILES string of the molecule is CC(C)c1cc(Br)c(CCl)cc1I. The van der Waals surface area contributed by atoms with Gasteiger partial charge in [0.25, 0.3) is 0 Å². The number of hydrogen-bond acceptors (Lipinski definition) is 0. The molecule has 0 radical (unpaired) electrons. The molecule has 1 aromatic carbocycles. The first-order valence-corrected chi connectivity index (χ1v) is 6.50. The lowest BCUT2D eigenvalue weighted by molar-refractivity contribution is 0.858. The number of alkyl halides is 1. The van der Waals surface area contributed by atoms with Crippen LogP contribution in [0.4, 0.5) is 0 Å². The monoisotopic (exact) mass is 372 g/mol. The molecular formula is C10H11BrClI. The summed E-state index contributed by atoms with van der Waals surface area (Å²) in [4.78, 5) is 0. The smallest absolute Gasteiger partial charge is 0.0485 e. The molecule has 0 aliphatic rings. The van der Waals surface area contributed by atoms with Gasteiger partial charge in [0.1, 0.15) is 0 Å². The number of rotatable bonds is 2. The maximum Gasteiger partial charge on any atom is 0.0485 e. The minimum atomic E-state index is 0.563. The summed E-state index contributed by atoms with van der Waals surface area (Å²) < 4.78 is 2.41. The number of halogens is 3. The summed E-state index contributed by atoms with van der Waals surface area (Å²) >= 11 is 11.7. The molecule has 0 fully saturated rings. The Bertz CT molecular complexity index is 310. The van der Waals surface area contributed by atoms with Crippen LogP contribution in [-0.4, -0.2) is 0 Å². The second-order valence-electron chi connectivity index (χ2n) is 3.25. The van der Waals surface area contributed by atoms with Gasteiger partial charge in [0.05, 0.1) is 0 Å². The fourth-order valence-corrected chi connectivity index (χ4v) is 3.19. The highest BCUT2D eigenvalue weighted by atomic mass is 127. The first-order chi connectivity index (χ1) is 6.06. The molecule has 1 aromatic rings. The third kappa shape index (κ3) is 2.83. The molecule has 0 nitrogen and oxygen atoms in total. The van der Waals surface area contributed by atoms with Gasteiger partial charge in [-0.2, -0.15) is 0 Å². The molecule has 0 saturated heterocycles. The van der Waals surface area contributed by atoms with Gasteiger partial charge in [-0.25, -0.2) is 0 Å². The summed E-state index contributed by atoms with van der Waals surface area (Å²) in [7, 11) is 0. The van der Waals surface area contributed by atoms with Gasteiger partial charge in [0.2, 0.25) is 0 Å². The Hall–Kier alpha value is 0.720. The average Bonchev–Trinajstić information content (AvgIpc) is 2.07. The van der Waals surface area contributed by atoms with Crippen LogP contribution in [0.5, 0.6) is 0 Å². The maximum absolute atomic E-state index is 5.80. The summed E-state index contributed by atoms with van der Waals surface area (Å²) in [5.74, 6) is 1.13. The van der Waals surface area contributed by atoms with Gasteiger partial charge in [-0.05, 0) is 51.8 Å². The van der Waals surface area contributed by atoms with Crippen LogP contribution >= 0.6 is 50.1 Å². The molecule has 0 N–H and O–H groups in total. The zero-order valence-electron chi connectivity index (χ0n) is 7.57. The van der Waals surface area contributed by atoms with Crippen LogP contribution in [-0.2, 0) is 5.88 Å². The standard InChI is InChI=1S/C10H11BrClI/c1-6(2)8-4-9(11)7(5-12)3-10(8)13/h3-4,6H,5H2,1-2H3. The van der Waals surface area contributed by atoms with E-state index in [9.17, 15) is 0 Å². The van der Waals surface area contributed by atoms with E-state index in [1.807, 2.05) is 0 Å². The van der Waals surface area contributed by atoms with Crippen molar-refractivity contribution in [1.82, 2.24) is 0 Å². The fraction of sp³-hybridized carbons (Fsp3) is 0.400. The van der Waals surface area contributed by atoms with E-state index in [1.165, 1.54) is 9.13 Å². The molecule has 0 saturated carbocycles. The van der Waals surface area contributed by atoms with Gasteiger partial charge in [0.15, 0.2) is 0 Å². The van der Waals surface area contributed by atoms with E-state index in [4.69, 9.17) is 11.6 Å². The molecule has 0 atom stereocenters. The second kappa shape index (κ2) is 4.99. The van der Waals surface area contributed by atoms with Crippen molar-refractivity contribution in [3.05, 3.63) is 31.3 Å². The zero-order valence-corrected chi connectivity index (χ0v) is 12.1. The summed E-state index contributed by atoms with van der Waals surface area (Å²) in [6, 6.07) is 4.32. The zero-order chi connectivity index (χ0) is 10.0. The molecule has 0 amide bonds. The Labute approximate surface area is 106 Å². The number of hydrogen-bond donors (Lipinski definition) is 0. The molecule has 1 rings (SSSR count). The minimum absolute atomic E-state index is 0.563. The number of benzene rings is 1. The van der Waals surface area contributed by atoms with E-state index in [0.29, 0.717) is 11.8 Å². The van der Waals surface area contributed by atoms with E-state index in [1.54, 1.807) is 0 Å². The molecular weight excluding hydrogens is 362 g/mol. The van der Waals surface area contributed by atoms with Crippen molar-refractivity contribution in [3.63, 3.8) is 0 Å². The highest BCUT2D eigenvalue weighted by molar-refractivity contribution is 14.1. The van der Waals surface area contributed by atoms with E-state index in [0.717, 1.165) is 10.0 Å². The lowest BCUT2D eigenvalue weighted by Crippen LogP contribution is -1.94. The maximum atomic E-state index is 5.80. The third-order valence-electron chi connectivity index (χ3n) is 1.93. The molecule has 0 spiro atoms. The molecule has 0 heterocycles. The molecule has 0 bridgehead atoms. The van der Waals surface area contributed by atoms with Gasteiger partial charge in [-0.3, -0.25) is 0 Å². The normalized spacial score (nSPS) is 10.9. The minimum Gasteiger partial charge on any atom is -0.122 e. The fourth-order valence-electron chi connectivity index (χ4n) is 1.15. The lowest BCUT2D eigenvalue weighted by Gasteiger charge is -2.11. The van der Waals surface area contributed by atoms with Gasteiger partial charge in [-0.15, -0.1) is 11.6 Å². The van der Waals surface area contributed by atoms with Crippen LogP contribution in [0, 0.1) is 3.57 Å². The van der Waals surface area contributed by atoms with E-state index in [2.05, 4.69) is 64.5 Å². The average molecular weight is 373 g/mol. The first-order valence-electron chi connectivity index (χ1n) is 4.10. The topological polar surface area (TPSA) is 0 Å². The Kier molecular flexibility index (Phi) is 4.52. The molecule has 0 aliphatic heterocycles. The molecule has 72 valence electrons. The summed E-state index contributed by atoms with van der Waals surface area (Å²) in [5.41, 5.74) is 2.54. The van der Waals surface area contributed by atoms with Crippen molar-refractivity contribution in [2.24, 2.45) is 0 Å². The van der Waals surface area contributed by atoms with Crippen LogP contribution in [0.2, 0.25) is 0 Å². The first kappa shape index (κ1) is 11.8. The second-order valence-corrected chi connectivity index (χ2v) is 5.54.